The maximum Gasteiger partial charge on any atom is 0.107 e. The Kier molecular flexibility index (Phi) is 5.31. The molecule has 1 atom stereocenters. The minimum atomic E-state index is 0.388. The highest BCUT2D eigenvalue weighted by Crippen LogP contribution is 2.36. The zero-order valence-corrected chi connectivity index (χ0v) is 15.6. The topological polar surface area (TPSA) is 29.3 Å². The van der Waals surface area contributed by atoms with Crippen molar-refractivity contribution < 1.29 is 0 Å². The van der Waals surface area contributed by atoms with Crippen LogP contribution < -0.4 is 10.6 Å². The van der Waals surface area contributed by atoms with Gasteiger partial charge in [-0.25, -0.2) is 0 Å². The van der Waals surface area contributed by atoms with Gasteiger partial charge in [0.25, 0.3) is 0 Å². The van der Waals surface area contributed by atoms with Crippen LogP contribution in [0.1, 0.15) is 45.6 Å². The van der Waals surface area contributed by atoms with Crippen molar-refractivity contribution in [2.75, 3.05) is 18.0 Å². The van der Waals surface area contributed by atoms with Gasteiger partial charge in [0.2, 0.25) is 0 Å². The minimum Gasteiger partial charge on any atom is -0.389 e. The summed E-state index contributed by atoms with van der Waals surface area (Å²) in [7, 11) is 0. The third kappa shape index (κ3) is 3.98. The van der Waals surface area contributed by atoms with Gasteiger partial charge in [0.05, 0.1) is 0 Å². The molecule has 0 radical (unpaired) electrons. The van der Waals surface area contributed by atoms with Crippen LogP contribution in [0.25, 0.3) is 0 Å². The van der Waals surface area contributed by atoms with Crippen LogP contribution >= 0.6 is 28.1 Å². The normalized spacial score (nSPS) is 20.2. The Hall–Kier alpha value is -0.610. The average Bonchev–Trinajstić information content (AvgIpc) is 2.63. The number of rotatable bonds is 2. The molecule has 1 aliphatic rings. The predicted molar refractivity (Wildman–Crippen MR) is 99.0 cm³/mol. The molecule has 4 heteroatoms. The van der Waals surface area contributed by atoms with E-state index in [0.717, 1.165) is 29.0 Å². The van der Waals surface area contributed by atoms with Crippen molar-refractivity contribution >= 4 is 38.8 Å². The highest BCUT2D eigenvalue weighted by Gasteiger charge is 2.28. The summed E-state index contributed by atoms with van der Waals surface area (Å²) < 4.78 is 0.990. The summed E-state index contributed by atoms with van der Waals surface area (Å²) in [5.74, 6) is 0.780. The molecule has 0 bridgehead atoms. The lowest BCUT2D eigenvalue weighted by molar-refractivity contribution is 0.220. The van der Waals surface area contributed by atoms with Gasteiger partial charge in [-0.15, -0.1) is 0 Å². The van der Waals surface area contributed by atoms with E-state index >= 15 is 0 Å². The number of benzene rings is 1. The smallest absolute Gasteiger partial charge is 0.107 e. The second-order valence-corrected chi connectivity index (χ2v) is 8.27. The van der Waals surface area contributed by atoms with E-state index in [2.05, 4.69) is 53.7 Å². The van der Waals surface area contributed by atoms with E-state index in [9.17, 15) is 0 Å². The summed E-state index contributed by atoms with van der Waals surface area (Å²) in [6.07, 6.45) is 3.76. The number of hydrogen-bond donors (Lipinski definition) is 1. The molecule has 0 aliphatic carbocycles. The molecule has 1 saturated heterocycles. The zero-order valence-electron chi connectivity index (χ0n) is 13.2. The lowest BCUT2D eigenvalue weighted by Crippen LogP contribution is -2.28. The fraction of sp³-hybridized carbons (Fsp3) is 0.588. The predicted octanol–water partition coefficient (Wildman–Crippen LogP) is 4.74. The van der Waals surface area contributed by atoms with Crippen LogP contribution in [0, 0.1) is 11.3 Å². The molecule has 2 N–H and O–H groups in total. The second kappa shape index (κ2) is 6.66. The van der Waals surface area contributed by atoms with Gasteiger partial charge in [0.15, 0.2) is 0 Å². The lowest BCUT2D eigenvalue weighted by Gasteiger charge is -2.30. The van der Waals surface area contributed by atoms with Crippen molar-refractivity contribution in [3.63, 3.8) is 0 Å². The molecule has 2 rings (SSSR count). The Morgan fingerprint density at radius 2 is 2.00 bits per heavy atom. The first-order valence-electron chi connectivity index (χ1n) is 7.64. The minimum absolute atomic E-state index is 0.388. The van der Waals surface area contributed by atoms with E-state index in [-0.39, 0.29) is 0 Å². The Balaban J connectivity index is 2.24. The summed E-state index contributed by atoms with van der Waals surface area (Å²) >= 11 is 8.83. The summed E-state index contributed by atoms with van der Waals surface area (Å²) in [5, 5.41) is 0. The number of thiocarbonyl (C=S) groups is 1. The van der Waals surface area contributed by atoms with Gasteiger partial charge in [0.1, 0.15) is 4.99 Å². The SMILES string of the molecule is CC(C)(C)C1CCCN(c2cccc(Br)c2C(N)=S)CC1. The molecular weight excluding hydrogens is 344 g/mol. The van der Waals surface area contributed by atoms with Crippen molar-refractivity contribution in [3.05, 3.63) is 28.2 Å². The van der Waals surface area contributed by atoms with Crippen LogP contribution in [0.3, 0.4) is 0 Å². The first-order valence-corrected chi connectivity index (χ1v) is 8.84. The van der Waals surface area contributed by atoms with Crippen molar-refractivity contribution in [2.24, 2.45) is 17.1 Å². The monoisotopic (exact) mass is 368 g/mol. The lowest BCUT2D eigenvalue weighted by atomic mass is 9.77. The first kappa shape index (κ1) is 16.8. The van der Waals surface area contributed by atoms with Crippen LogP contribution in [0.2, 0.25) is 0 Å². The molecular formula is C17H25BrN2S. The van der Waals surface area contributed by atoms with Crippen molar-refractivity contribution in [1.29, 1.82) is 0 Å². The highest BCUT2D eigenvalue weighted by molar-refractivity contribution is 9.10. The molecule has 2 nitrogen and oxygen atoms in total. The molecule has 0 spiro atoms. The molecule has 21 heavy (non-hydrogen) atoms. The van der Waals surface area contributed by atoms with Gasteiger partial charge in [-0.3, -0.25) is 0 Å². The third-order valence-electron chi connectivity index (χ3n) is 4.53. The number of anilines is 1. The number of nitrogens with two attached hydrogens (primary N) is 1. The van der Waals surface area contributed by atoms with E-state index in [1.807, 2.05) is 6.07 Å². The van der Waals surface area contributed by atoms with Crippen LogP contribution in [0.5, 0.6) is 0 Å². The van der Waals surface area contributed by atoms with E-state index in [1.54, 1.807) is 0 Å². The van der Waals surface area contributed by atoms with Gasteiger partial charge in [-0.1, -0.05) is 39.1 Å². The quantitative estimate of drug-likeness (QED) is 0.764. The maximum absolute atomic E-state index is 5.93. The Labute approximate surface area is 142 Å². The van der Waals surface area contributed by atoms with Crippen molar-refractivity contribution in [1.82, 2.24) is 0 Å². The number of hydrogen-bond acceptors (Lipinski definition) is 2. The number of halogens is 1. The fourth-order valence-electron chi connectivity index (χ4n) is 3.22. The molecule has 0 aromatic heterocycles. The largest absolute Gasteiger partial charge is 0.389 e. The van der Waals surface area contributed by atoms with Gasteiger partial charge in [0, 0.05) is 28.8 Å². The van der Waals surface area contributed by atoms with Gasteiger partial charge in [-0.05, 0) is 58.7 Å². The summed E-state index contributed by atoms with van der Waals surface area (Å²) in [6, 6.07) is 6.21. The number of nitrogens with zero attached hydrogens (tertiary/aromatic N) is 1. The Morgan fingerprint density at radius 3 is 2.62 bits per heavy atom. The molecule has 1 aromatic rings. The fourth-order valence-corrected chi connectivity index (χ4v) is 4.14. The summed E-state index contributed by atoms with van der Waals surface area (Å²) in [6.45, 7) is 9.22. The zero-order chi connectivity index (χ0) is 15.6. The van der Waals surface area contributed by atoms with Gasteiger partial charge < -0.3 is 10.6 Å². The Bertz CT molecular complexity index is 522. The summed E-state index contributed by atoms with van der Waals surface area (Å²) in [5.41, 5.74) is 8.47. The standard InChI is InChI=1S/C17H25BrN2S/c1-17(2,3)12-6-5-10-20(11-9-12)14-8-4-7-13(18)15(14)16(19)21/h4,7-8,12H,5-6,9-11H2,1-3H3,(H2,19,21). The van der Waals surface area contributed by atoms with E-state index < -0.39 is 0 Å². The molecule has 1 aromatic carbocycles. The third-order valence-corrected chi connectivity index (χ3v) is 5.40. The van der Waals surface area contributed by atoms with E-state index in [4.69, 9.17) is 18.0 Å². The molecule has 1 heterocycles. The maximum atomic E-state index is 5.93. The molecule has 0 saturated carbocycles. The van der Waals surface area contributed by atoms with Gasteiger partial charge >= 0.3 is 0 Å². The van der Waals surface area contributed by atoms with Crippen LogP contribution in [-0.2, 0) is 0 Å². The second-order valence-electron chi connectivity index (χ2n) is 6.98. The first-order chi connectivity index (χ1) is 9.80. The molecule has 1 fully saturated rings. The van der Waals surface area contributed by atoms with Crippen molar-refractivity contribution in [3.8, 4) is 0 Å². The highest BCUT2D eigenvalue weighted by atomic mass is 79.9. The van der Waals surface area contributed by atoms with E-state index in [0.29, 0.717) is 10.4 Å². The molecule has 116 valence electrons. The molecule has 1 unspecified atom stereocenters. The van der Waals surface area contributed by atoms with E-state index in [1.165, 1.54) is 24.9 Å². The summed E-state index contributed by atoms with van der Waals surface area (Å²) in [4.78, 5) is 2.92. The van der Waals surface area contributed by atoms with Crippen molar-refractivity contribution in [2.45, 2.75) is 40.0 Å². The molecule has 1 aliphatic heterocycles. The Morgan fingerprint density at radius 1 is 1.29 bits per heavy atom. The van der Waals surface area contributed by atoms with Crippen LogP contribution in [0.4, 0.5) is 5.69 Å². The van der Waals surface area contributed by atoms with Crippen LogP contribution in [0.15, 0.2) is 22.7 Å². The van der Waals surface area contributed by atoms with Gasteiger partial charge in [-0.2, -0.15) is 0 Å². The molecule has 0 amide bonds. The average molecular weight is 369 g/mol. The van der Waals surface area contributed by atoms with Crippen LogP contribution in [-0.4, -0.2) is 18.1 Å².